The van der Waals surface area contributed by atoms with Crippen LogP contribution < -0.4 is 5.32 Å². The molecule has 0 saturated heterocycles. The predicted octanol–water partition coefficient (Wildman–Crippen LogP) is 3.37. The first kappa shape index (κ1) is 15.5. The highest BCUT2D eigenvalue weighted by molar-refractivity contribution is 9.11. The molecule has 0 fully saturated rings. The summed E-state index contributed by atoms with van der Waals surface area (Å²) in [5, 5.41) is 4.91. The molecule has 0 bridgehead atoms. The summed E-state index contributed by atoms with van der Waals surface area (Å²) in [5.41, 5.74) is 1.85. The quantitative estimate of drug-likeness (QED) is 0.872. The van der Waals surface area contributed by atoms with Crippen LogP contribution in [0.1, 0.15) is 5.56 Å². The lowest BCUT2D eigenvalue weighted by Crippen LogP contribution is -2.26. The molecule has 4 nitrogen and oxygen atoms in total. The molecule has 0 amide bonds. The Morgan fingerprint density at radius 1 is 1.30 bits per heavy atom. The fourth-order valence-electron chi connectivity index (χ4n) is 1.74. The average Bonchev–Trinajstić information content (AvgIpc) is 2.84. The minimum Gasteiger partial charge on any atom is -0.388 e. The lowest BCUT2D eigenvalue weighted by atomic mass is 10.3. The van der Waals surface area contributed by atoms with Gasteiger partial charge in [-0.25, -0.2) is 8.42 Å². The molecule has 0 saturated carbocycles. The number of sulfonamides is 1. The Labute approximate surface area is 131 Å². The normalized spacial score (nSPS) is 11.8. The van der Waals surface area contributed by atoms with Crippen molar-refractivity contribution in [2.45, 2.75) is 11.4 Å². The van der Waals surface area contributed by atoms with E-state index in [0.717, 1.165) is 15.0 Å². The second-order valence-electron chi connectivity index (χ2n) is 4.29. The molecule has 0 aliphatic carbocycles. The molecule has 0 aliphatic heterocycles. The van der Waals surface area contributed by atoms with E-state index in [-0.39, 0.29) is 0 Å². The first-order valence-corrected chi connectivity index (χ1v) is 9.02. The van der Waals surface area contributed by atoms with Crippen molar-refractivity contribution in [1.82, 2.24) is 4.31 Å². The molecular weight excluding hydrogens is 360 g/mol. The van der Waals surface area contributed by atoms with Crippen molar-refractivity contribution in [2.24, 2.45) is 0 Å². The number of anilines is 1. The molecule has 0 spiro atoms. The zero-order valence-corrected chi connectivity index (χ0v) is 14.3. The van der Waals surface area contributed by atoms with Crippen LogP contribution in [-0.2, 0) is 16.6 Å². The van der Waals surface area contributed by atoms with Gasteiger partial charge < -0.3 is 5.32 Å². The van der Waals surface area contributed by atoms with Gasteiger partial charge in [-0.2, -0.15) is 4.31 Å². The second kappa shape index (κ2) is 6.26. The molecule has 1 aromatic carbocycles. The highest BCUT2D eigenvalue weighted by atomic mass is 79.9. The van der Waals surface area contributed by atoms with Gasteiger partial charge in [0.05, 0.1) is 8.68 Å². The van der Waals surface area contributed by atoms with Crippen molar-refractivity contribution in [2.75, 3.05) is 19.4 Å². The molecule has 1 N–H and O–H groups in total. The summed E-state index contributed by atoms with van der Waals surface area (Å²) in [6.07, 6.45) is 0. The van der Waals surface area contributed by atoms with E-state index in [1.165, 1.54) is 4.31 Å². The van der Waals surface area contributed by atoms with Crippen LogP contribution in [0.5, 0.6) is 0 Å². The summed E-state index contributed by atoms with van der Waals surface area (Å²) in [4.78, 5) is 0.299. The molecule has 0 radical (unpaired) electrons. The zero-order valence-electron chi connectivity index (χ0n) is 11.1. The third kappa shape index (κ3) is 3.41. The van der Waals surface area contributed by atoms with Crippen LogP contribution in [0.15, 0.2) is 44.4 Å². The molecule has 2 rings (SSSR count). The highest BCUT2D eigenvalue weighted by Crippen LogP contribution is 2.24. The standard InChI is InChI=1S/C13H15BrN2O2S2/c1-15-11-3-5-12(6-4-11)20(17,18)16(2)8-10-7-13(14)19-9-10/h3-7,9,15H,8H2,1-2H3. The number of halogens is 1. The first-order chi connectivity index (χ1) is 9.43. The van der Waals surface area contributed by atoms with Crippen LogP contribution in [0, 0.1) is 0 Å². The van der Waals surface area contributed by atoms with Crippen LogP contribution in [0.4, 0.5) is 5.69 Å². The summed E-state index contributed by atoms with van der Waals surface area (Å²) in [6.45, 7) is 0.359. The minimum atomic E-state index is -3.46. The molecule has 0 aliphatic rings. The Hall–Kier alpha value is -0.890. The monoisotopic (exact) mass is 374 g/mol. The van der Waals surface area contributed by atoms with Gasteiger partial charge in [-0.3, -0.25) is 0 Å². The lowest BCUT2D eigenvalue weighted by molar-refractivity contribution is 0.467. The third-order valence-corrected chi connectivity index (χ3v) is 6.25. The Balaban J connectivity index is 2.19. The van der Waals surface area contributed by atoms with Crippen molar-refractivity contribution in [3.8, 4) is 0 Å². The summed E-state index contributed by atoms with van der Waals surface area (Å²) in [7, 11) is -0.0722. The molecule has 1 aromatic heterocycles. The van der Waals surface area contributed by atoms with Crippen LogP contribution in [0.25, 0.3) is 0 Å². The van der Waals surface area contributed by atoms with Gasteiger partial charge in [0, 0.05) is 26.3 Å². The third-order valence-electron chi connectivity index (χ3n) is 2.88. The van der Waals surface area contributed by atoms with Gasteiger partial charge in [-0.15, -0.1) is 11.3 Å². The Bertz CT molecular complexity index is 681. The van der Waals surface area contributed by atoms with Crippen molar-refractivity contribution in [3.05, 3.63) is 45.1 Å². The Morgan fingerprint density at radius 3 is 2.45 bits per heavy atom. The maximum Gasteiger partial charge on any atom is 0.243 e. The number of hydrogen-bond donors (Lipinski definition) is 1. The second-order valence-corrected chi connectivity index (χ2v) is 8.63. The number of nitrogens with one attached hydrogen (secondary N) is 1. The van der Waals surface area contributed by atoms with Gasteiger partial charge in [0.2, 0.25) is 10.0 Å². The zero-order chi connectivity index (χ0) is 14.8. The van der Waals surface area contributed by atoms with Crippen LogP contribution in [0.3, 0.4) is 0 Å². The summed E-state index contributed by atoms with van der Waals surface area (Å²) in [6, 6.07) is 8.66. The molecule has 20 heavy (non-hydrogen) atoms. The van der Waals surface area contributed by atoms with Gasteiger partial charge >= 0.3 is 0 Å². The number of benzene rings is 1. The van der Waals surface area contributed by atoms with Gasteiger partial charge in [0.25, 0.3) is 0 Å². The van der Waals surface area contributed by atoms with Crippen molar-refractivity contribution >= 4 is 43.0 Å². The van der Waals surface area contributed by atoms with E-state index < -0.39 is 10.0 Å². The Kier molecular flexibility index (Phi) is 4.85. The van der Waals surface area contributed by atoms with Crippen molar-refractivity contribution in [1.29, 1.82) is 0 Å². The van der Waals surface area contributed by atoms with E-state index >= 15 is 0 Å². The van der Waals surface area contributed by atoms with E-state index in [4.69, 9.17) is 0 Å². The number of thiophene rings is 1. The fourth-order valence-corrected chi connectivity index (χ4v) is 4.10. The van der Waals surface area contributed by atoms with Crippen molar-refractivity contribution in [3.63, 3.8) is 0 Å². The van der Waals surface area contributed by atoms with Gasteiger partial charge in [-0.05, 0) is 57.2 Å². The highest BCUT2D eigenvalue weighted by Gasteiger charge is 2.21. The van der Waals surface area contributed by atoms with Gasteiger partial charge in [0.15, 0.2) is 0 Å². The predicted molar refractivity (Wildman–Crippen MR) is 86.7 cm³/mol. The van der Waals surface area contributed by atoms with Crippen molar-refractivity contribution < 1.29 is 8.42 Å². The van der Waals surface area contributed by atoms with E-state index in [1.807, 2.05) is 11.4 Å². The molecule has 0 unspecified atom stereocenters. The molecule has 7 heteroatoms. The van der Waals surface area contributed by atoms with Gasteiger partial charge in [-0.1, -0.05) is 0 Å². The van der Waals surface area contributed by atoms with Gasteiger partial charge in [0.1, 0.15) is 0 Å². The van der Waals surface area contributed by atoms with E-state index in [9.17, 15) is 8.42 Å². The van der Waals surface area contributed by atoms with Crippen LogP contribution in [-0.4, -0.2) is 26.8 Å². The van der Waals surface area contributed by atoms with E-state index in [2.05, 4.69) is 21.2 Å². The van der Waals surface area contributed by atoms with Crippen LogP contribution >= 0.6 is 27.3 Å². The fraction of sp³-hybridized carbons (Fsp3) is 0.231. The maximum atomic E-state index is 12.4. The largest absolute Gasteiger partial charge is 0.388 e. The SMILES string of the molecule is CNc1ccc(S(=O)(=O)N(C)Cc2csc(Br)c2)cc1. The minimum absolute atomic E-state index is 0.299. The lowest BCUT2D eigenvalue weighted by Gasteiger charge is -2.16. The van der Waals surface area contributed by atoms with E-state index in [1.54, 1.807) is 49.7 Å². The molecule has 0 atom stereocenters. The summed E-state index contributed by atoms with van der Waals surface area (Å²) < 4.78 is 27.2. The van der Waals surface area contributed by atoms with E-state index in [0.29, 0.717) is 11.4 Å². The molecule has 2 aromatic rings. The smallest absolute Gasteiger partial charge is 0.243 e. The summed E-state index contributed by atoms with van der Waals surface area (Å²) >= 11 is 4.92. The molecular formula is C13H15BrN2O2S2. The number of nitrogens with zero attached hydrogens (tertiary/aromatic N) is 1. The number of rotatable bonds is 5. The molecule has 108 valence electrons. The maximum absolute atomic E-state index is 12.4. The topological polar surface area (TPSA) is 49.4 Å². The Morgan fingerprint density at radius 2 is 1.95 bits per heavy atom. The number of hydrogen-bond acceptors (Lipinski definition) is 4. The first-order valence-electron chi connectivity index (χ1n) is 5.90. The summed E-state index contributed by atoms with van der Waals surface area (Å²) in [5.74, 6) is 0. The van der Waals surface area contributed by atoms with Crippen LogP contribution in [0.2, 0.25) is 0 Å². The average molecular weight is 375 g/mol. The molecule has 1 heterocycles.